The van der Waals surface area contributed by atoms with Crippen molar-refractivity contribution in [3.05, 3.63) is 53.6 Å². The SMILES string of the molecule is CCCCOc1cccc(NCCOc2cc(C)cc(C)c2)c1. The Balaban J connectivity index is 1.76. The van der Waals surface area contributed by atoms with E-state index in [0.29, 0.717) is 6.61 Å². The normalized spacial score (nSPS) is 10.4. The predicted octanol–water partition coefficient (Wildman–Crippen LogP) is 4.97. The number of rotatable bonds is 9. The van der Waals surface area contributed by atoms with Crippen molar-refractivity contribution in [2.75, 3.05) is 25.1 Å². The molecule has 0 bridgehead atoms. The summed E-state index contributed by atoms with van der Waals surface area (Å²) in [5, 5.41) is 3.37. The number of anilines is 1. The van der Waals surface area contributed by atoms with Crippen molar-refractivity contribution < 1.29 is 9.47 Å². The molecular weight excluding hydrogens is 286 g/mol. The molecule has 0 spiro atoms. The molecule has 2 aromatic rings. The molecule has 2 rings (SSSR count). The van der Waals surface area contributed by atoms with Gasteiger partial charge in [0.1, 0.15) is 18.1 Å². The van der Waals surface area contributed by atoms with Gasteiger partial charge in [0, 0.05) is 18.3 Å². The highest BCUT2D eigenvalue weighted by atomic mass is 16.5. The third-order valence-electron chi connectivity index (χ3n) is 3.50. The zero-order chi connectivity index (χ0) is 16.5. The van der Waals surface area contributed by atoms with Crippen LogP contribution in [-0.2, 0) is 0 Å². The van der Waals surface area contributed by atoms with Crippen molar-refractivity contribution in [1.29, 1.82) is 0 Å². The number of hydrogen-bond donors (Lipinski definition) is 1. The van der Waals surface area contributed by atoms with Crippen LogP contribution >= 0.6 is 0 Å². The molecule has 0 fully saturated rings. The Hall–Kier alpha value is -2.16. The van der Waals surface area contributed by atoms with Crippen LogP contribution in [0.1, 0.15) is 30.9 Å². The molecule has 0 heterocycles. The molecule has 3 nitrogen and oxygen atoms in total. The molecule has 0 amide bonds. The zero-order valence-electron chi connectivity index (χ0n) is 14.4. The molecule has 0 aliphatic heterocycles. The summed E-state index contributed by atoms with van der Waals surface area (Å²) in [6.45, 7) is 8.49. The van der Waals surface area contributed by atoms with Crippen molar-refractivity contribution in [1.82, 2.24) is 0 Å². The van der Waals surface area contributed by atoms with Gasteiger partial charge in [-0.2, -0.15) is 0 Å². The lowest BCUT2D eigenvalue weighted by Crippen LogP contribution is -2.11. The molecular formula is C20H27NO2. The lowest BCUT2D eigenvalue weighted by Gasteiger charge is -2.11. The lowest BCUT2D eigenvalue weighted by molar-refractivity contribution is 0.309. The van der Waals surface area contributed by atoms with Crippen LogP contribution in [0.15, 0.2) is 42.5 Å². The molecule has 0 saturated carbocycles. The minimum Gasteiger partial charge on any atom is -0.494 e. The summed E-state index contributed by atoms with van der Waals surface area (Å²) in [5.74, 6) is 1.85. The fraction of sp³-hybridized carbons (Fsp3) is 0.400. The average Bonchev–Trinajstić information content (AvgIpc) is 2.51. The number of aryl methyl sites for hydroxylation is 2. The van der Waals surface area contributed by atoms with E-state index in [1.807, 2.05) is 24.3 Å². The quantitative estimate of drug-likeness (QED) is 0.663. The molecule has 3 heteroatoms. The van der Waals surface area contributed by atoms with Gasteiger partial charge in [0.25, 0.3) is 0 Å². The van der Waals surface area contributed by atoms with E-state index in [1.165, 1.54) is 11.1 Å². The maximum Gasteiger partial charge on any atom is 0.121 e. The Morgan fingerprint density at radius 1 is 0.870 bits per heavy atom. The number of hydrogen-bond acceptors (Lipinski definition) is 3. The van der Waals surface area contributed by atoms with Crippen LogP contribution in [0.5, 0.6) is 11.5 Å². The Morgan fingerprint density at radius 2 is 1.61 bits per heavy atom. The maximum absolute atomic E-state index is 5.81. The van der Waals surface area contributed by atoms with Crippen molar-refractivity contribution in [3.8, 4) is 11.5 Å². The predicted molar refractivity (Wildman–Crippen MR) is 96.7 cm³/mol. The smallest absolute Gasteiger partial charge is 0.121 e. The van der Waals surface area contributed by atoms with Gasteiger partial charge < -0.3 is 14.8 Å². The Labute approximate surface area is 139 Å². The fourth-order valence-electron chi connectivity index (χ4n) is 2.41. The summed E-state index contributed by atoms with van der Waals surface area (Å²) >= 11 is 0. The first-order chi connectivity index (χ1) is 11.2. The summed E-state index contributed by atoms with van der Waals surface area (Å²) in [4.78, 5) is 0. The van der Waals surface area contributed by atoms with E-state index >= 15 is 0 Å². The van der Waals surface area contributed by atoms with E-state index < -0.39 is 0 Å². The first-order valence-corrected chi connectivity index (χ1v) is 8.35. The molecule has 0 unspecified atom stereocenters. The summed E-state index contributed by atoms with van der Waals surface area (Å²) in [7, 11) is 0. The number of nitrogens with one attached hydrogen (secondary N) is 1. The van der Waals surface area contributed by atoms with Crippen LogP contribution in [0.2, 0.25) is 0 Å². The molecule has 0 aliphatic rings. The van der Waals surface area contributed by atoms with Gasteiger partial charge in [0.2, 0.25) is 0 Å². The van der Waals surface area contributed by atoms with E-state index in [2.05, 4.69) is 44.3 Å². The van der Waals surface area contributed by atoms with Crippen LogP contribution < -0.4 is 14.8 Å². The molecule has 0 atom stereocenters. The van der Waals surface area contributed by atoms with Gasteiger partial charge in [-0.3, -0.25) is 0 Å². The minimum absolute atomic E-state index is 0.629. The minimum atomic E-state index is 0.629. The summed E-state index contributed by atoms with van der Waals surface area (Å²) < 4.78 is 11.5. The van der Waals surface area contributed by atoms with Crippen molar-refractivity contribution >= 4 is 5.69 Å². The van der Waals surface area contributed by atoms with Crippen LogP contribution in [0.25, 0.3) is 0 Å². The Bertz CT molecular complexity index is 590. The third kappa shape index (κ3) is 6.23. The van der Waals surface area contributed by atoms with Gasteiger partial charge >= 0.3 is 0 Å². The molecule has 124 valence electrons. The standard InChI is InChI=1S/C20H27NO2/c1-4-5-10-22-19-8-6-7-18(15-19)21-9-11-23-20-13-16(2)12-17(3)14-20/h6-8,12-15,21H,4-5,9-11H2,1-3H3. The maximum atomic E-state index is 5.81. The highest BCUT2D eigenvalue weighted by Crippen LogP contribution is 2.18. The van der Waals surface area contributed by atoms with Gasteiger partial charge in [0.15, 0.2) is 0 Å². The monoisotopic (exact) mass is 313 g/mol. The largest absolute Gasteiger partial charge is 0.494 e. The van der Waals surface area contributed by atoms with E-state index in [0.717, 1.165) is 43.2 Å². The molecule has 0 saturated heterocycles. The van der Waals surface area contributed by atoms with Crippen LogP contribution in [0, 0.1) is 13.8 Å². The van der Waals surface area contributed by atoms with Gasteiger partial charge in [-0.05, 0) is 55.7 Å². The zero-order valence-corrected chi connectivity index (χ0v) is 14.4. The van der Waals surface area contributed by atoms with Crippen molar-refractivity contribution in [2.24, 2.45) is 0 Å². The highest BCUT2D eigenvalue weighted by molar-refractivity contribution is 5.48. The van der Waals surface area contributed by atoms with Crippen LogP contribution in [0.3, 0.4) is 0 Å². The number of benzene rings is 2. The lowest BCUT2D eigenvalue weighted by atomic mass is 10.1. The van der Waals surface area contributed by atoms with E-state index in [4.69, 9.17) is 9.47 Å². The molecule has 0 aliphatic carbocycles. The molecule has 1 N–H and O–H groups in total. The average molecular weight is 313 g/mol. The van der Waals surface area contributed by atoms with Crippen molar-refractivity contribution in [3.63, 3.8) is 0 Å². The van der Waals surface area contributed by atoms with Gasteiger partial charge in [-0.25, -0.2) is 0 Å². The Kier molecular flexibility index (Phi) is 6.79. The van der Waals surface area contributed by atoms with Gasteiger partial charge in [-0.15, -0.1) is 0 Å². The van der Waals surface area contributed by atoms with Gasteiger partial charge in [-0.1, -0.05) is 25.5 Å². The molecule has 2 aromatic carbocycles. The highest BCUT2D eigenvalue weighted by Gasteiger charge is 1.99. The van der Waals surface area contributed by atoms with Crippen LogP contribution in [-0.4, -0.2) is 19.8 Å². The number of ether oxygens (including phenoxy) is 2. The molecule has 23 heavy (non-hydrogen) atoms. The molecule has 0 aromatic heterocycles. The Morgan fingerprint density at radius 3 is 2.35 bits per heavy atom. The second-order valence-corrected chi connectivity index (χ2v) is 5.83. The second kappa shape index (κ2) is 9.09. The van der Waals surface area contributed by atoms with Gasteiger partial charge in [0.05, 0.1) is 6.61 Å². The summed E-state index contributed by atoms with van der Waals surface area (Å²) in [6.07, 6.45) is 2.23. The first-order valence-electron chi connectivity index (χ1n) is 8.35. The van der Waals surface area contributed by atoms with Crippen molar-refractivity contribution in [2.45, 2.75) is 33.6 Å². The topological polar surface area (TPSA) is 30.5 Å². The fourth-order valence-corrected chi connectivity index (χ4v) is 2.41. The molecule has 0 radical (unpaired) electrons. The van der Waals surface area contributed by atoms with Crippen LogP contribution in [0.4, 0.5) is 5.69 Å². The second-order valence-electron chi connectivity index (χ2n) is 5.83. The summed E-state index contributed by atoms with van der Waals surface area (Å²) in [6, 6.07) is 14.4. The van der Waals surface area contributed by atoms with E-state index in [9.17, 15) is 0 Å². The van der Waals surface area contributed by atoms with E-state index in [1.54, 1.807) is 0 Å². The first kappa shape index (κ1) is 17.2. The number of unbranched alkanes of at least 4 members (excludes halogenated alkanes) is 1. The third-order valence-corrected chi connectivity index (χ3v) is 3.50. The summed E-state index contributed by atoms with van der Waals surface area (Å²) in [5.41, 5.74) is 3.51. The van der Waals surface area contributed by atoms with E-state index in [-0.39, 0.29) is 0 Å².